The van der Waals surface area contributed by atoms with E-state index in [4.69, 9.17) is 26.2 Å². The molecule has 0 amide bonds. The number of hydrogen-bond donors (Lipinski definition) is 0. The molecule has 0 saturated carbocycles. The lowest BCUT2D eigenvalue weighted by molar-refractivity contribution is -0.153. The first kappa shape index (κ1) is 23.9. The third-order valence-corrected chi connectivity index (χ3v) is 6.67. The highest BCUT2D eigenvalue weighted by atomic mass is 35.5. The van der Waals surface area contributed by atoms with Gasteiger partial charge in [-0.25, -0.2) is 0 Å². The number of halogens is 1. The normalized spacial score (nSPS) is 11.4. The Labute approximate surface area is 195 Å². The Kier molecular flexibility index (Phi) is 7.97. The van der Waals surface area contributed by atoms with Gasteiger partial charge in [0.1, 0.15) is 5.75 Å². The van der Waals surface area contributed by atoms with Gasteiger partial charge in [0.25, 0.3) is 0 Å². The standard InChI is InChI=1S/C26H31ClN2O3/c1-5-26(6-2,25(30)32-4)15-14-21-17-24(19-11-9-12-22(16-19)31-3)29(28-21)18-20-10-7-8-13-23(20)27/h7-13,16-17H,5-6,14-15,18H2,1-4H3. The third-order valence-electron chi connectivity index (χ3n) is 6.31. The number of carbonyl (C=O) groups is 1. The van der Waals surface area contributed by atoms with Crippen molar-refractivity contribution in [1.29, 1.82) is 0 Å². The number of aryl methyl sites for hydroxylation is 1. The maximum atomic E-state index is 12.5. The summed E-state index contributed by atoms with van der Waals surface area (Å²) in [6.07, 6.45) is 2.84. The van der Waals surface area contributed by atoms with Crippen LogP contribution in [0.3, 0.4) is 0 Å². The molecular weight excluding hydrogens is 424 g/mol. The second-order valence-corrected chi connectivity index (χ2v) is 8.39. The van der Waals surface area contributed by atoms with Crippen molar-refractivity contribution in [2.75, 3.05) is 14.2 Å². The number of rotatable bonds is 10. The van der Waals surface area contributed by atoms with Gasteiger partial charge in [-0.2, -0.15) is 5.10 Å². The Balaban J connectivity index is 1.96. The van der Waals surface area contributed by atoms with Crippen molar-refractivity contribution in [2.24, 2.45) is 5.41 Å². The van der Waals surface area contributed by atoms with E-state index in [2.05, 4.69) is 6.07 Å². The fraction of sp³-hybridized carbons (Fsp3) is 0.385. The number of ether oxygens (including phenoxy) is 2. The molecule has 0 atom stereocenters. The number of nitrogens with zero attached hydrogens (tertiary/aromatic N) is 2. The minimum atomic E-state index is -0.489. The van der Waals surface area contributed by atoms with Crippen LogP contribution in [0.25, 0.3) is 11.3 Å². The molecular formula is C26H31ClN2O3. The molecule has 0 aliphatic rings. The van der Waals surface area contributed by atoms with Crippen LogP contribution in [0.1, 0.15) is 44.4 Å². The summed E-state index contributed by atoms with van der Waals surface area (Å²) in [5, 5.41) is 5.61. The average Bonchev–Trinajstić information content (AvgIpc) is 3.24. The van der Waals surface area contributed by atoms with Gasteiger partial charge >= 0.3 is 5.97 Å². The van der Waals surface area contributed by atoms with Gasteiger partial charge in [-0.1, -0.05) is 55.8 Å². The average molecular weight is 455 g/mol. The fourth-order valence-electron chi connectivity index (χ4n) is 4.09. The van der Waals surface area contributed by atoms with Crippen LogP contribution in [-0.4, -0.2) is 30.0 Å². The maximum Gasteiger partial charge on any atom is 0.311 e. The molecule has 0 spiro atoms. The lowest BCUT2D eigenvalue weighted by Crippen LogP contribution is -2.31. The van der Waals surface area contributed by atoms with E-state index in [-0.39, 0.29) is 5.97 Å². The van der Waals surface area contributed by atoms with Crippen molar-refractivity contribution < 1.29 is 14.3 Å². The molecule has 0 N–H and O–H groups in total. The highest BCUT2D eigenvalue weighted by molar-refractivity contribution is 6.31. The zero-order valence-corrected chi connectivity index (χ0v) is 20.0. The third kappa shape index (κ3) is 5.16. The maximum absolute atomic E-state index is 12.5. The van der Waals surface area contributed by atoms with E-state index in [1.54, 1.807) is 7.11 Å². The zero-order chi connectivity index (χ0) is 23.1. The summed E-state index contributed by atoms with van der Waals surface area (Å²) < 4.78 is 12.5. The first-order valence-electron chi connectivity index (χ1n) is 11.0. The molecule has 170 valence electrons. The molecule has 0 saturated heterocycles. The van der Waals surface area contributed by atoms with Gasteiger partial charge in [0.2, 0.25) is 0 Å². The predicted octanol–water partition coefficient (Wildman–Crippen LogP) is 6.17. The lowest BCUT2D eigenvalue weighted by Gasteiger charge is -2.28. The second-order valence-electron chi connectivity index (χ2n) is 7.98. The van der Waals surface area contributed by atoms with Gasteiger partial charge in [-0.05, 0) is 55.5 Å². The van der Waals surface area contributed by atoms with Crippen LogP contribution in [0, 0.1) is 5.41 Å². The second kappa shape index (κ2) is 10.7. The molecule has 3 aromatic rings. The molecule has 1 aromatic heterocycles. The highest BCUT2D eigenvalue weighted by Crippen LogP contribution is 2.34. The van der Waals surface area contributed by atoms with E-state index in [9.17, 15) is 4.79 Å². The first-order valence-corrected chi connectivity index (χ1v) is 11.4. The summed E-state index contributed by atoms with van der Waals surface area (Å²) in [7, 11) is 3.12. The smallest absolute Gasteiger partial charge is 0.311 e. The van der Waals surface area contributed by atoms with Crippen LogP contribution in [0.4, 0.5) is 0 Å². The molecule has 5 nitrogen and oxygen atoms in total. The minimum absolute atomic E-state index is 0.147. The Morgan fingerprint density at radius 1 is 1.06 bits per heavy atom. The molecule has 2 aromatic carbocycles. The molecule has 1 heterocycles. The lowest BCUT2D eigenvalue weighted by atomic mass is 9.78. The van der Waals surface area contributed by atoms with Crippen molar-refractivity contribution in [1.82, 2.24) is 9.78 Å². The highest BCUT2D eigenvalue weighted by Gasteiger charge is 2.35. The Bertz CT molecular complexity index is 1060. The van der Waals surface area contributed by atoms with E-state index in [1.807, 2.05) is 67.1 Å². The van der Waals surface area contributed by atoms with Crippen molar-refractivity contribution >= 4 is 17.6 Å². The summed E-state index contributed by atoms with van der Waals surface area (Å²) in [5.74, 6) is 0.641. The quantitative estimate of drug-likeness (QED) is 0.343. The van der Waals surface area contributed by atoms with E-state index in [0.29, 0.717) is 24.4 Å². The largest absolute Gasteiger partial charge is 0.497 e. The molecule has 32 heavy (non-hydrogen) atoms. The number of methoxy groups -OCH3 is 2. The summed E-state index contributed by atoms with van der Waals surface area (Å²) in [6, 6.07) is 17.8. The number of esters is 1. The zero-order valence-electron chi connectivity index (χ0n) is 19.2. The first-order chi connectivity index (χ1) is 15.5. The molecule has 0 aliphatic carbocycles. The number of hydrogen-bond acceptors (Lipinski definition) is 4. The minimum Gasteiger partial charge on any atom is -0.497 e. The monoisotopic (exact) mass is 454 g/mol. The van der Waals surface area contributed by atoms with Crippen LogP contribution < -0.4 is 4.74 Å². The number of carbonyl (C=O) groups excluding carboxylic acids is 1. The number of benzene rings is 2. The number of aromatic nitrogens is 2. The van der Waals surface area contributed by atoms with Crippen LogP contribution in [0.2, 0.25) is 5.02 Å². The fourth-order valence-corrected chi connectivity index (χ4v) is 4.29. The van der Waals surface area contributed by atoms with E-state index in [1.165, 1.54) is 7.11 Å². The molecule has 3 rings (SSSR count). The Morgan fingerprint density at radius 3 is 2.47 bits per heavy atom. The Hall–Kier alpha value is -2.79. The summed E-state index contributed by atoms with van der Waals surface area (Å²) in [4.78, 5) is 12.5. The molecule has 0 bridgehead atoms. The van der Waals surface area contributed by atoms with Gasteiger partial charge in [0.15, 0.2) is 0 Å². The van der Waals surface area contributed by atoms with Gasteiger partial charge in [0, 0.05) is 10.6 Å². The van der Waals surface area contributed by atoms with Gasteiger partial charge < -0.3 is 9.47 Å². The van der Waals surface area contributed by atoms with E-state index < -0.39 is 5.41 Å². The summed E-state index contributed by atoms with van der Waals surface area (Å²) in [5.41, 5.74) is 3.44. The molecule has 0 radical (unpaired) electrons. The molecule has 0 fully saturated rings. The van der Waals surface area contributed by atoms with Crippen LogP contribution in [-0.2, 0) is 22.5 Å². The summed E-state index contributed by atoms with van der Waals surface area (Å²) in [6.45, 7) is 4.63. The van der Waals surface area contributed by atoms with Crippen molar-refractivity contribution in [2.45, 2.75) is 46.1 Å². The SMILES string of the molecule is CCC(CC)(CCc1cc(-c2cccc(OC)c2)n(Cc2ccccc2Cl)n1)C(=O)OC. The van der Waals surface area contributed by atoms with Crippen molar-refractivity contribution in [3.05, 3.63) is 70.9 Å². The molecule has 0 aliphatic heterocycles. The van der Waals surface area contributed by atoms with Gasteiger partial charge in [-0.3, -0.25) is 9.48 Å². The van der Waals surface area contributed by atoms with Crippen LogP contribution >= 0.6 is 11.6 Å². The van der Waals surface area contributed by atoms with Crippen molar-refractivity contribution in [3.63, 3.8) is 0 Å². The van der Waals surface area contributed by atoms with Crippen LogP contribution in [0.15, 0.2) is 54.6 Å². The predicted molar refractivity (Wildman–Crippen MR) is 128 cm³/mol. The topological polar surface area (TPSA) is 53.4 Å². The van der Waals surface area contributed by atoms with E-state index >= 15 is 0 Å². The Morgan fingerprint density at radius 2 is 1.81 bits per heavy atom. The van der Waals surface area contributed by atoms with Gasteiger partial charge in [-0.15, -0.1) is 0 Å². The summed E-state index contributed by atoms with van der Waals surface area (Å²) >= 11 is 6.42. The van der Waals surface area contributed by atoms with Crippen molar-refractivity contribution in [3.8, 4) is 17.0 Å². The van der Waals surface area contributed by atoms with E-state index in [0.717, 1.165) is 41.1 Å². The molecule has 6 heteroatoms. The van der Waals surface area contributed by atoms with Crippen LogP contribution in [0.5, 0.6) is 5.75 Å². The van der Waals surface area contributed by atoms with Gasteiger partial charge in [0.05, 0.1) is 37.6 Å². The molecule has 0 unspecified atom stereocenters.